The summed E-state index contributed by atoms with van der Waals surface area (Å²) in [6.45, 7) is 0. The SMILES string of the molecule is c1ccc(-c2nc(-c3ccccc3)nc(-c3cccc4c3oc3cc(-c5cc(-c6cccc7sc8ccccc8c67)cc6sc7ccccc7c56)ccc34)n2)cc1. The van der Waals surface area contributed by atoms with Gasteiger partial charge in [-0.3, -0.25) is 0 Å². The van der Waals surface area contributed by atoms with Gasteiger partial charge in [-0.05, 0) is 70.8 Å². The molecule has 4 aromatic heterocycles. The van der Waals surface area contributed by atoms with Crippen molar-refractivity contribution < 1.29 is 4.42 Å². The first kappa shape index (κ1) is 32.3. The molecule has 0 aliphatic rings. The van der Waals surface area contributed by atoms with Gasteiger partial charge in [0.2, 0.25) is 0 Å². The van der Waals surface area contributed by atoms with Crippen LogP contribution in [0, 0.1) is 0 Å². The molecule has 0 aliphatic carbocycles. The van der Waals surface area contributed by atoms with Gasteiger partial charge in [0.1, 0.15) is 11.2 Å². The molecule has 0 fully saturated rings. The molecule has 0 bridgehead atoms. The van der Waals surface area contributed by atoms with Crippen molar-refractivity contribution in [2.45, 2.75) is 0 Å². The fourth-order valence-corrected chi connectivity index (χ4v) is 10.6. The van der Waals surface area contributed by atoms with Crippen LogP contribution in [0.4, 0.5) is 0 Å². The summed E-state index contributed by atoms with van der Waals surface area (Å²) in [6.07, 6.45) is 0. The Bertz CT molecular complexity index is 3470. The first-order chi connectivity index (χ1) is 28.2. The molecule has 266 valence electrons. The van der Waals surface area contributed by atoms with E-state index in [2.05, 4.69) is 109 Å². The van der Waals surface area contributed by atoms with Crippen LogP contribution in [0.25, 0.3) is 119 Å². The Balaban J connectivity index is 1.07. The normalized spacial score (nSPS) is 11.9. The minimum absolute atomic E-state index is 0.571. The molecule has 8 aromatic carbocycles. The molecule has 0 saturated heterocycles. The van der Waals surface area contributed by atoms with Crippen LogP contribution in [0.2, 0.25) is 0 Å². The van der Waals surface area contributed by atoms with Gasteiger partial charge in [0.05, 0.1) is 5.56 Å². The summed E-state index contributed by atoms with van der Waals surface area (Å²) in [6, 6.07) is 62.0. The Kier molecular flexibility index (Phi) is 7.24. The lowest BCUT2D eigenvalue weighted by atomic mass is 9.92. The highest BCUT2D eigenvalue weighted by Crippen LogP contribution is 2.47. The average Bonchev–Trinajstić information content (AvgIpc) is 3.97. The third-order valence-corrected chi connectivity index (χ3v) is 13.2. The quantitative estimate of drug-likeness (QED) is 0.175. The van der Waals surface area contributed by atoms with Crippen molar-refractivity contribution in [3.63, 3.8) is 0 Å². The molecule has 12 aromatic rings. The zero-order valence-electron chi connectivity index (χ0n) is 30.3. The van der Waals surface area contributed by atoms with Crippen LogP contribution >= 0.6 is 22.7 Å². The lowest BCUT2D eigenvalue weighted by molar-refractivity contribution is 0.669. The highest BCUT2D eigenvalue weighted by Gasteiger charge is 2.20. The molecule has 0 amide bonds. The molecule has 57 heavy (non-hydrogen) atoms. The Hall–Kier alpha value is -6.99. The van der Waals surface area contributed by atoms with Crippen LogP contribution in [0.3, 0.4) is 0 Å². The molecule has 0 saturated carbocycles. The molecule has 0 atom stereocenters. The van der Waals surface area contributed by atoms with Crippen LogP contribution in [0.15, 0.2) is 180 Å². The summed E-state index contributed by atoms with van der Waals surface area (Å²) in [5, 5.41) is 7.22. The highest BCUT2D eigenvalue weighted by molar-refractivity contribution is 7.26. The van der Waals surface area contributed by atoms with Crippen LogP contribution in [-0.2, 0) is 0 Å². The number of nitrogens with zero attached hydrogens (tertiary/aromatic N) is 3. The van der Waals surface area contributed by atoms with E-state index in [1.165, 1.54) is 57.0 Å². The van der Waals surface area contributed by atoms with Crippen molar-refractivity contribution in [2.75, 3.05) is 0 Å². The van der Waals surface area contributed by atoms with E-state index in [1.807, 2.05) is 89.4 Å². The van der Waals surface area contributed by atoms with E-state index in [-0.39, 0.29) is 0 Å². The minimum atomic E-state index is 0.571. The van der Waals surface area contributed by atoms with Gasteiger partial charge in [-0.25, -0.2) is 15.0 Å². The molecule has 0 spiro atoms. The summed E-state index contributed by atoms with van der Waals surface area (Å²) >= 11 is 3.71. The van der Waals surface area contributed by atoms with Gasteiger partial charge in [0.25, 0.3) is 0 Å². The predicted octanol–water partition coefficient (Wildman–Crippen LogP) is 14.8. The molecule has 0 radical (unpaired) electrons. The topological polar surface area (TPSA) is 51.8 Å². The van der Waals surface area contributed by atoms with Crippen molar-refractivity contribution in [2.24, 2.45) is 0 Å². The van der Waals surface area contributed by atoms with E-state index < -0.39 is 0 Å². The zero-order valence-corrected chi connectivity index (χ0v) is 31.9. The monoisotopic (exact) mass is 763 g/mol. The van der Waals surface area contributed by atoms with Gasteiger partial charge in [-0.1, -0.05) is 127 Å². The van der Waals surface area contributed by atoms with Crippen molar-refractivity contribution in [3.8, 4) is 56.4 Å². The summed E-state index contributed by atoms with van der Waals surface area (Å²) in [7, 11) is 0. The third kappa shape index (κ3) is 5.22. The molecule has 6 heteroatoms. The number of thiophene rings is 2. The van der Waals surface area contributed by atoms with Crippen LogP contribution in [0.5, 0.6) is 0 Å². The Morgan fingerprint density at radius 3 is 1.61 bits per heavy atom. The number of furan rings is 1. The highest BCUT2D eigenvalue weighted by atomic mass is 32.1. The fourth-order valence-electron chi connectivity index (χ4n) is 8.32. The smallest absolute Gasteiger partial charge is 0.167 e. The molecular formula is C51H29N3OS2. The number of benzene rings is 8. The van der Waals surface area contributed by atoms with Gasteiger partial charge in [0, 0.05) is 62.2 Å². The van der Waals surface area contributed by atoms with Gasteiger partial charge in [0.15, 0.2) is 17.5 Å². The van der Waals surface area contributed by atoms with Crippen molar-refractivity contribution in [1.82, 2.24) is 15.0 Å². The number of aromatic nitrogens is 3. The summed E-state index contributed by atoms with van der Waals surface area (Å²) < 4.78 is 12.0. The standard InChI is InChI=1S/C51H29N3OS2/c1-3-13-30(14-4-1)49-52-50(31-15-5-2-6-16-31)54-51(53-49)39-21-11-20-36-35-26-25-32(28-41(35)55-48(36)39)40-27-33(29-45-47(40)38-18-8-10-23-43(38)57-45)34-19-12-24-44-46(34)37-17-7-9-22-42(37)56-44/h1-29H. The van der Waals surface area contributed by atoms with Crippen molar-refractivity contribution in [1.29, 1.82) is 0 Å². The Labute approximate surface area is 335 Å². The maximum atomic E-state index is 6.89. The number of hydrogen-bond donors (Lipinski definition) is 0. The summed E-state index contributed by atoms with van der Waals surface area (Å²) in [5.41, 5.74) is 9.02. The van der Waals surface area contributed by atoms with Crippen LogP contribution in [-0.4, -0.2) is 15.0 Å². The van der Waals surface area contributed by atoms with E-state index >= 15 is 0 Å². The fraction of sp³-hybridized carbons (Fsp3) is 0. The molecular weight excluding hydrogens is 735 g/mol. The molecule has 4 heterocycles. The number of rotatable bonds is 5. The molecule has 4 nitrogen and oxygen atoms in total. The van der Waals surface area contributed by atoms with Crippen molar-refractivity contribution in [3.05, 3.63) is 176 Å². The Morgan fingerprint density at radius 2 is 0.895 bits per heavy atom. The minimum Gasteiger partial charge on any atom is -0.455 e. The van der Waals surface area contributed by atoms with E-state index in [0.29, 0.717) is 17.5 Å². The molecule has 0 unspecified atom stereocenters. The van der Waals surface area contributed by atoms with Gasteiger partial charge < -0.3 is 4.42 Å². The third-order valence-electron chi connectivity index (χ3n) is 10.9. The number of para-hydroxylation sites is 1. The Morgan fingerprint density at radius 1 is 0.333 bits per heavy atom. The lowest BCUT2D eigenvalue weighted by Gasteiger charge is -2.11. The van der Waals surface area contributed by atoms with E-state index in [9.17, 15) is 0 Å². The largest absolute Gasteiger partial charge is 0.455 e. The van der Waals surface area contributed by atoms with Gasteiger partial charge in [-0.2, -0.15) is 0 Å². The summed E-state index contributed by atoms with van der Waals surface area (Å²) in [4.78, 5) is 15.0. The van der Waals surface area contributed by atoms with Gasteiger partial charge in [-0.15, -0.1) is 22.7 Å². The molecule has 0 N–H and O–H groups in total. The first-order valence-electron chi connectivity index (χ1n) is 18.9. The van der Waals surface area contributed by atoms with Crippen molar-refractivity contribution >= 4 is 85.0 Å². The second-order valence-corrected chi connectivity index (χ2v) is 16.5. The van der Waals surface area contributed by atoms with Crippen LogP contribution in [0.1, 0.15) is 0 Å². The zero-order chi connectivity index (χ0) is 37.5. The number of fused-ring (bicyclic) bond motifs is 9. The maximum absolute atomic E-state index is 6.89. The maximum Gasteiger partial charge on any atom is 0.167 e. The second kappa shape index (κ2) is 12.8. The molecule has 12 rings (SSSR count). The second-order valence-electron chi connectivity index (χ2n) is 14.3. The van der Waals surface area contributed by atoms with Crippen LogP contribution < -0.4 is 0 Å². The average molecular weight is 764 g/mol. The molecule has 0 aliphatic heterocycles. The first-order valence-corrected chi connectivity index (χ1v) is 20.6. The van der Waals surface area contributed by atoms with E-state index in [1.54, 1.807) is 0 Å². The summed E-state index contributed by atoms with van der Waals surface area (Å²) in [5.74, 6) is 1.81. The van der Waals surface area contributed by atoms with Gasteiger partial charge >= 0.3 is 0 Å². The number of hydrogen-bond acceptors (Lipinski definition) is 6. The predicted molar refractivity (Wildman–Crippen MR) is 240 cm³/mol. The lowest BCUT2D eigenvalue weighted by Crippen LogP contribution is -2.00. The van der Waals surface area contributed by atoms with E-state index in [4.69, 9.17) is 19.4 Å². The van der Waals surface area contributed by atoms with E-state index in [0.717, 1.165) is 44.2 Å².